The Morgan fingerprint density at radius 3 is 2.95 bits per heavy atom. The van der Waals surface area contributed by atoms with E-state index in [2.05, 4.69) is 19.8 Å². The van der Waals surface area contributed by atoms with Gasteiger partial charge in [0.05, 0.1) is 24.6 Å². The third-order valence-electron chi connectivity index (χ3n) is 4.10. The first-order chi connectivity index (χ1) is 9.81. The number of hydrogen-bond acceptors (Lipinski definition) is 4. The summed E-state index contributed by atoms with van der Waals surface area (Å²) in [7, 11) is 0. The molecule has 0 aromatic carbocycles. The zero-order valence-corrected chi connectivity index (χ0v) is 11.3. The van der Waals surface area contributed by atoms with E-state index in [0.29, 0.717) is 12.6 Å². The molecule has 4 rings (SSSR count). The molecule has 104 valence electrons. The number of piperazine rings is 1. The van der Waals surface area contributed by atoms with Crippen LogP contribution in [0.3, 0.4) is 0 Å². The number of amides is 1. The SMILES string of the molecule is O=C1CN(Cc2cnc3cnccn23)CCN1C1CC1. The molecular weight excluding hydrogens is 254 g/mol. The highest BCUT2D eigenvalue weighted by atomic mass is 16.2. The number of carbonyl (C=O) groups excluding carboxylic acids is 1. The molecular formula is C14H17N5O. The highest BCUT2D eigenvalue weighted by Crippen LogP contribution is 2.28. The predicted octanol–water partition coefficient (Wildman–Crippen LogP) is 0.536. The molecule has 1 aliphatic carbocycles. The van der Waals surface area contributed by atoms with Crippen LogP contribution in [0.25, 0.3) is 5.65 Å². The van der Waals surface area contributed by atoms with Crippen molar-refractivity contribution in [1.29, 1.82) is 0 Å². The van der Waals surface area contributed by atoms with E-state index in [0.717, 1.165) is 31.0 Å². The van der Waals surface area contributed by atoms with Crippen LogP contribution in [0.5, 0.6) is 0 Å². The van der Waals surface area contributed by atoms with E-state index < -0.39 is 0 Å². The van der Waals surface area contributed by atoms with E-state index in [-0.39, 0.29) is 5.91 Å². The number of nitrogens with zero attached hydrogens (tertiary/aromatic N) is 5. The van der Waals surface area contributed by atoms with Crippen LogP contribution in [0.15, 0.2) is 24.8 Å². The Kier molecular flexibility index (Phi) is 2.70. The van der Waals surface area contributed by atoms with Crippen molar-refractivity contribution in [2.45, 2.75) is 25.4 Å². The molecule has 2 fully saturated rings. The summed E-state index contributed by atoms with van der Waals surface area (Å²) in [6.07, 6.45) is 9.67. The Balaban J connectivity index is 1.48. The number of fused-ring (bicyclic) bond motifs is 1. The van der Waals surface area contributed by atoms with Crippen molar-refractivity contribution in [3.05, 3.63) is 30.5 Å². The molecule has 0 atom stereocenters. The van der Waals surface area contributed by atoms with E-state index in [1.807, 2.05) is 16.8 Å². The third-order valence-corrected chi connectivity index (χ3v) is 4.10. The summed E-state index contributed by atoms with van der Waals surface area (Å²) >= 11 is 0. The van der Waals surface area contributed by atoms with E-state index in [4.69, 9.17) is 0 Å². The number of imidazole rings is 1. The summed E-state index contributed by atoms with van der Waals surface area (Å²) in [5.74, 6) is 0.272. The average molecular weight is 271 g/mol. The molecule has 3 heterocycles. The standard InChI is InChI=1S/C14H17N5O/c20-14-10-17(5-6-19(14)11-1-2-11)9-12-7-16-13-8-15-3-4-18(12)13/h3-4,7-8,11H,1-2,5-6,9-10H2. The maximum atomic E-state index is 12.1. The van der Waals surface area contributed by atoms with Gasteiger partial charge in [0, 0.05) is 38.1 Å². The van der Waals surface area contributed by atoms with Crippen molar-refractivity contribution in [1.82, 2.24) is 24.2 Å². The van der Waals surface area contributed by atoms with Gasteiger partial charge < -0.3 is 4.90 Å². The summed E-state index contributed by atoms with van der Waals surface area (Å²) < 4.78 is 2.03. The van der Waals surface area contributed by atoms with Crippen molar-refractivity contribution in [2.24, 2.45) is 0 Å². The average Bonchev–Trinajstić information content (AvgIpc) is 3.22. The van der Waals surface area contributed by atoms with E-state index in [1.165, 1.54) is 12.8 Å². The Hall–Kier alpha value is -1.95. The second-order valence-corrected chi connectivity index (χ2v) is 5.58. The van der Waals surface area contributed by atoms with Gasteiger partial charge in [-0.25, -0.2) is 4.98 Å². The summed E-state index contributed by atoms with van der Waals surface area (Å²) in [6, 6.07) is 0.534. The molecule has 0 N–H and O–H groups in total. The van der Waals surface area contributed by atoms with Crippen molar-refractivity contribution < 1.29 is 4.79 Å². The highest BCUT2D eigenvalue weighted by molar-refractivity contribution is 5.79. The molecule has 2 aromatic rings. The minimum atomic E-state index is 0.272. The van der Waals surface area contributed by atoms with Crippen molar-refractivity contribution in [3.8, 4) is 0 Å². The van der Waals surface area contributed by atoms with Gasteiger partial charge >= 0.3 is 0 Å². The normalized spacial score (nSPS) is 20.8. The number of hydrogen-bond donors (Lipinski definition) is 0. The quantitative estimate of drug-likeness (QED) is 0.817. The number of rotatable bonds is 3. The van der Waals surface area contributed by atoms with Crippen molar-refractivity contribution in [3.63, 3.8) is 0 Å². The molecule has 1 amide bonds. The molecule has 2 aliphatic rings. The van der Waals surface area contributed by atoms with E-state index in [1.54, 1.807) is 12.4 Å². The van der Waals surface area contributed by atoms with Crippen molar-refractivity contribution >= 4 is 11.6 Å². The Labute approximate surface area is 117 Å². The lowest BCUT2D eigenvalue weighted by Crippen LogP contribution is -2.50. The van der Waals surface area contributed by atoms with Gasteiger partial charge in [-0.05, 0) is 12.8 Å². The fourth-order valence-electron chi connectivity index (χ4n) is 2.88. The highest BCUT2D eigenvalue weighted by Gasteiger charge is 2.35. The lowest BCUT2D eigenvalue weighted by Gasteiger charge is -2.34. The first-order valence-electron chi connectivity index (χ1n) is 7.09. The molecule has 0 spiro atoms. The van der Waals surface area contributed by atoms with Crippen LogP contribution in [0, 0.1) is 0 Å². The van der Waals surface area contributed by atoms with Crippen LogP contribution in [0.1, 0.15) is 18.5 Å². The summed E-state index contributed by atoms with van der Waals surface area (Å²) in [6.45, 7) is 3.09. The van der Waals surface area contributed by atoms with E-state index in [9.17, 15) is 4.79 Å². The zero-order chi connectivity index (χ0) is 13.5. The van der Waals surface area contributed by atoms with Gasteiger partial charge in [-0.3, -0.25) is 19.1 Å². The minimum absolute atomic E-state index is 0.272. The molecule has 0 unspecified atom stereocenters. The first-order valence-corrected chi connectivity index (χ1v) is 7.09. The van der Waals surface area contributed by atoms with Gasteiger partial charge in [-0.15, -0.1) is 0 Å². The molecule has 6 heteroatoms. The third kappa shape index (κ3) is 2.06. The summed E-state index contributed by atoms with van der Waals surface area (Å²) in [4.78, 5) is 24.8. The molecule has 1 aliphatic heterocycles. The largest absolute Gasteiger partial charge is 0.337 e. The summed E-state index contributed by atoms with van der Waals surface area (Å²) in [5, 5.41) is 0. The molecule has 2 aromatic heterocycles. The Morgan fingerprint density at radius 2 is 2.15 bits per heavy atom. The molecule has 6 nitrogen and oxygen atoms in total. The van der Waals surface area contributed by atoms with E-state index >= 15 is 0 Å². The van der Waals surface area contributed by atoms with Crippen LogP contribution in [-0.4, -0.2) is 55.8 Å². The van der Waals surface area contributed by atoms with Crippen LogP contribution >= 0.6 is 0 Å². The van der Waals surface area contributed by atoms with Gasteiger partial charge in [-0.2, -0.15) is 0 Å². The fraction of sp³-hybridized carbons (Fsp3) is 0.500. The molecule has 0 radical (unpaired) electrons. The molecule has 0 bridgehead atoms. The first kappa shape index (κ1) is 11.8. The van der Waals surface area contributed by atoms with Crippen LogP contribution < -0.4 is 0 Å². The van der Waals surface area contributed by atoms with Crippen LogP contribution in [-0.2, 0) is 11.3 Å². The van der Waals surface area contributed by atoms with Gasteiger partial charge in [0.25, 0.3) is 0 Å². The lowest BCUT2D eigenvalue weighted by atomic mass is 10.2. The smallest absolute Gasteiger partial charge is 0.237 e. The maximum absolute atomic E-state index is 12.1. The maximum Gasteiger partial charge on any atom is 0.237 e. The lowest BCUT2D eigenvalue weighted by molar-refractivity contribution is -0.136. The fourth-order valence-corrected chi connectivity index (χ4v) is 2.88. The molecule has 20 heavy (non-hydrogen) atoms. The number of aromatic nitrogens is 3. The summed E-state index contributed by atoms with van der Waals surface area (Å²) in [5.41, 5.74) is 1.96. The predicted molar refractivity (Wildman–Crippen MR) is 73.0 cm³/mol. The van der Waals surface area contributed by atoms with Gasteiger partial charge in [-0.1, -0.05) is 0 Å². The molecule has 1 saturated heterocycles. The Bertz CT molecular complexity index is 648. The van der Waals surface area contributed by atoms with Crippen LogP contribution in [0.2, 0.25) is 0 Å². The Morgan fingerprint density at radius 1 is 1.25 bits per heavy atom. The number of carbonyl (C=O) groups is 1. The van der Waals surface area contributed by atoms with Crippen LogP contribution in [0.4, 0.5) is 0 Å². The van der Waals surface area contributed by atoms with Crippen molar-refractivity contribution in [2.75, 3.05) is 19.6 Å². The topological polar surface area (TPSA) is 53.7 Å². The second-order valence-electron chi connectivity index (χ2n) is 5.58. The second kappa shape index (κ2) is 4.56. The van der Waals surface area contributed by atoms with Gasteiger partial charge in [0.15, 0.2) is 5.65 Å². The van der Waals surface area contributed by atoms with Gasteiger partial charge in [0.2, 0.25) is 5.91 Å². The minimum Gasteiger partial charge on any atom is -0.337 e. The van der Waals surface area contributed by atoms with Gasteiger partial charge in [0.1, 0.15) is 0 Å². The molecule has 1 saturated carbocycles. The monoisotopic (exact) mass is 271 g/mol. The zero-order valence-electron chi connectivity index (χ0n) is 11.3.